The van der Waals surface area contributed by atoms with Crippen molar-refractivity contribution in [2.75, 3.05) is 5.73 Å². The Balaban J connectivity index is 2.95. The van der Waals surface area contributed by atoms with Gasteiger partial charge < -0.3 is 10.8 Å². The first-order chi connectivity index (χ1) is 6.83. The lowest BCUT2D eigenvalue weighted by molar-refractivity contribution is -0.149. The molecule has 82 valence electrons. The summed E-state index contributed by atoms with van der Waals surface area (Å²) in [6.45, 7) is 0. The fourth-order valence-corrected chi connectivity index (χ4v) is 2.27. The van der Waals surface area contributed by atoms with Gasteiger partial charge >= 0.3 is 11.9 Å². The number of nitrogens with one attached hydrogen (secondary N) is 1. The van der Waals surface area contributed by atoms with Crippen molar-refractivity contribution in [3.8, 4) is 0 Å². The van der Waals surface area contributed by atoms with Gasteiger partial charge in [-0.1, -0.05) is 11.3 Å². The van der Waals surface area contributed by atoms with E-state index in [1.54, 1.807) is 0 Å². The van der Waals surface area contributed by atoms with Gasteiger partial charge in [-0.05, 0) is 0 Å². The number of nitrogens with zero attached hydrogens (tertiary/aromatic N) is 2. The van der Waals surface area contributed by atoms with E-state index >= 15 is 0 Å². The number of aliphatic carboxylic acids is 1. The van der Waals surface area contributed by atoms with Crippen LogP contribution in [-0.2, 0) is 19.6 Å². The van der Waals surface area contributed by atoms with Crippen LogP contribution in [0.3, 0.4) is 0 Å². The molecule has 0 aromatic carbocycles. The number of hydrogen-bond donors (Lipinski definition) is 3. The molecule has 0 saturated heterocycles. The average molecular weight is 252 g/mol. The molecule has 0 aliphatic carbocycles. The average Bonchev–Trinajstić information content (AvgIpc) is 2.51. The number of anilines is 1. The highest BCUT2D eigenvalue weighted by Crippen LogP contribution is 2.16. The van der Waals surface area contributed by atoms with Crippen LogP contribution in [0.25, 0.3) is 0 Å². The molecule has 0 unspecified atom stereocenters. The molecule has 15 heavy (non-hydrogen) atoms. The number of carboxylic acids is 1. The topological polar surface area (TPSA) is 152 Å². The van der Waals surface area contributed by atoms with Crippen molar-refractivity contribution in [1.82, 2.24) is 14.9 Å². The number of carbonyl (C=O) groups excluding carboxylic acids is 1. The fraction of sp³-hybridized carbons (Fsp3) is 0. The first-order valence-electron chi connectivity index (χ1n) is 3.22. The van der Waals surface area contributed by atoms with Crippen molar-refractivity contribution >= 4 is 38.4 Å². The number of nitrogen functional groups attached to an aromatic ring is 1. The number of aromatic nitrogens is 2. The molecule has 0 fully saturated rings. The van der Waals surface area contributed by atoms with E-state index in [2.05, 4.69) is 10.2 Å². The lowest BCUT2D eigenvalue weighted by atomic mass is 10.7. The maximum absolute atomic E-state index is 11.2. The van der Waals surface area contributed by atoms with Crippen LogP contribution < -0.4 is 10.5 Å². The lowest BCUT2D eigenvalue weighted by Gasteiger charge is -1.98. The lowest BCUT2D eigenvalue weighted by Crippen LogP contribution is -2.35. The molecule has 9 nitrogen and oxygen atoms in total. The highest BCUT2D eigenvalue weighted by atomic mass is 32.2. The summed E-state index contributed by atoms with van der Waals surface area (Å²) in [6.07, 6.45) is 0. The molecule has 0 spiro atoms. The predicted molar refractivity (Wildman–Crippen MR) is 47.3 cm³/mol. The van der Waals surface area contributed by atoms with Crippen LogP contribution in [0, 0.1) is 0 Å². The number of carbonyl (C=O) groups is 2. The Morgan fingerprint density at radius 3 is 2.40 bits per heavy atom. The van der Waals surface area contributed by atoms with Crippen molar-refractivity contribution < 1.29 is 23.1 Å². The molecule has 1 aromatic heterocycles. The van der Waals surface area contributed by atoms with E-state index < -0.39 is 26.2 Å². The number of nitrogens with two attached hydrogens (primary N) is 1. The van der Waals surface area contributed by atoms with Gasteiger partial charge in [0.25, 0.3) is 14.4 Å². The minimum atomic E-state index is -4.30. The number of sulfonamides is 1. The summed E-state index contributed by atoms with van der Waals surface area (Å²) in [6, 6.07) is 0. The largest absolute Gasteiger partial charge is 0.474 e. The highest BCUT2D eigenvalue weighted by molar-refractivity contribution is 7.92. The van der Waals surface area contributed by atoms with Crippen LogP contribution in [0.4, 0.5) is 5.13 Å². The van der Waals surface area contributed by atoms with Gasteiger partial charge in [0.2, 0.25) is 5.13 Å². The first kappa shape index (κ1) is 11.3. The summed E-state index contributed by atoms with van der Waals surface area (Å²) < 4.78 is 23.1. The van der Waals surface area contributed by atoms with Crippen LogP contribution in [0.5, 0.6) is 0 Å². The Kier molecular flexibility index (Phi) is 2.85. The van der Waals surface area contributed by atoms with E-state index in [0.717, 1.165) is 0 Å². The molecule has 11 heteroatoms. The standard InChI is InChI=1S/C4H4N4O5S2/c5-3-6-7-4(14-3)15(12,13)8-1(9)2(10)11/h(H2,5,6)(H,8,9)(H,10,11). The molecule has 1 heterocycles. The van der Waals surface area contributed by atoms with Crippen LogP contribution >= 0.6 is 11.3 Å². The highest BCUT2D eigenvalue weighted by Gasteiger charge is 2.25. The second-order valence-electron chi connectivity index (χ2n) is 2.15. The molecule has 0 radical (unpaired) electrons. The molecule has 1 rings (SSSR count). The number of carboxylic acid groups (broad SMARTS) is 1. The van der Waals surface area contributed by atoms with Gasteiger partial charge in [0.05, 0.1) is 0 Å². The molecule has 4 N–H and O–H groups in total. The first-order valence-corrected chi connectivity index (χ1v) is 5.52. The zero-order valence-corrected chi connectivity index (χ0v) is 8.50. The quantitative estimate of drug-likeness (QED) is 0.511. The zero-order valence-electron chi connectivity index (χ0n) is 6.87. The Bertz CT molecular complexity index is 505. The van der Waals surface area contributed by atoms with E-state index in [1.165, 1.54) is 4.72 Å². The maximum Gasteiger partial charge on any atom is 0.395 e. The maximum atomic E-state index is 11.2. The number of rotatable bonds is 2. The fourth-order valence-electron chi connectivity index (χ4n) is 0.538. The summed E-state index contributed by atoms with van der Waals surface area (Å²) >= 11 is 0.508. The normalized spacial score (nSPS) is 10.9. The minimum absolute atomic E-state index is 0.113. The third-order valence-electron chi connectivity index (χ3n) is 1.07. The Morgan fingerprint density at radius 2 is 2.00 bits per heavy atom. The summed E-state index contributed by atoms with van der Waals surface area (Å²) in [7, 11) is -4.30. The van der Waals surface area contributed by atoms with Gasteiger partial charge in [0.15, 0.2) is 0 Å². The van der Waals surface area contributed by atoms with E-state index in [1.807, 2.05) is 0 Å². The summed E-state index contributed by atoms with van der Waals surface area (Å²) in [5.74, 6) is -3.60. The minimum Gasteiger partial charge on any atom is -0.474 e. The number of hydrogen-bond acceptors (Lipinski definition) is 8. The summed E-state index contributed by atoms with van der Waals surface area (Å²) in [5, 5.41) is 14.4. The van der Waals surface area contributed by atoms with Crippen LogP contribution in [0.15, 0.2) is 4.34 Å². The molecule has 0 bridgehead atoms. The molecule has 0 aliphatic rings. The SMILES string of the molecule is Nc1nnc(S(=O)(=O)NC(=O)C(=O)O)s1. The zero-order chi connectivity index (χ0) is 11.6. The molecule has 1 amide bonds. The molecule has 1 aromatic rings. The van der Waals surface area contributed by atoms with Crippen molar-refractivity contribution in [3.05, 3.63) is 0 Å². The Labute approximate surface area is 87.0 Å². The van der Waals surface area contributed by atoms with Crippen LogP contribution in [0.2, 0.25) is 0 Å². The van der Waals surface area contributed by atoms with Crippen molar-refractivity contribution in [1.29, 1.82) is 0 Å². The second-order valence-corrected chi connectivity index (χ2v) is 5.01. The number of amides is 1. The molecular formula is C4H4N4O5S2. The Morgan fingerprint density at radius 1 is 1.40 bits per heavy atom. The molecular weight excluding hydrogens is 248 g/mol. The van der Waals surface area contributed by atoms with Crippen molar-refractivity contribution in [3.63, 3.8) is 0 Å². The third-order valence-corrected chi connectivity index (χ3v) is 3.52. The van der Waals surface area contributed by atoms with Crippen molar-refractivity contribution in [2.24, 2.45) is 0 Å². The van der Waals surface area contributed by atoms with Gasteiger partial charge in [0.1, 0.15) is 0 Å². The van der Waals surface area contributed by atoms with Gasteiger partial charge in [0, 0.05) is 0 Å². The van der Waals surface area contributed by atoms with Gasteiger partial charge in [-0.15, -0.1) is 10.2 Å². The molecule has 0 saturated carbocycles. The van der Waals surface area contributed by atoms with Crippen LogP contribution in [0.1, 0.15) is 0 Å². The Hall–Kier alpha value is -1.75. The van der Waals surface area contributed by atoms with E-state index in [-0.39, 0.29) is 5.13 Å². The van der Waals surface area contributed by atoms with E-state index in [4.69, 9.17) is 10.8 Å². The summed E-state index contributed by atoms with van der Waals surface area (Å²) in [4.78, 5) is 20.7. The van der Waals surface area contributed by atoms with E-state index in [9.17, 15) is 18.0 Å². The van der Waals surface area contributed by atoms with Gasteiger partial charge in [-0.3, -0.25) is 4.79 Å². The van der Waals surface area contributed by atoms with Gasteiger partial charge in [-0.25, -0.2) is 9.52 Å². The third kappa shape index (κ3) is 2.60. The molecule has 0 aliphatic heterocycles. The summed E-state index contributed by atoms with van der Waals surface area (Å²) in [5.41, 5.74) is 5.12. The van der Waals surface area contributed by atoms with Crippen LogP contribution in [-0.4, -0.2) is 35.6 Å². The molecule has 0 atom stereocenters. The van der Waals surface area contributed by atoms with E-state index in [0.29, 0.717) is 11.3 Å². The second kappa shape index (κ2) is 3.78. The predicted octanol–water partition coefficient (Wildman–Crippen LogP) is -1.99. The monoisotopic (exact) mass is 252 g/mol. The van der Waals surface area contributed by atoms with Crippen molar-refractivity contribution in [2.45, 2.75) is 4.34 Å². The smallest absolute Gasteiger partial charge is 0.395 e. The van der Waals surface area contributed by atoms with Gasteiger partial charge in [-0.2, -0.15) is 8.42 Å².